The number of nitro groups is 1. The Labute approximate surface area is 197 Å². The number of aryl methyl sites for hydroxylation is 2. The van der Waals surface area contributed by atoms with E-state index in [1.54, 1.807) is 56.3 Å². The van der Waals surface area contributed by atoms with Crippen molar-refractivity contribution in [3.05, 3.63) is 99.6 Å². The van der Waals surface area contributed by atoms with Gasteiger partial charge in [-0.15, -0.1) is 0 Å². The number of carbonyl (C=O) groups excluding carboxylic acids is 1. The van der Waals surface area contributed by atoms with Crippen LogP contribution in [0.3, 0.4) is 0 Å². The van der Waals surface area contributed by atoms with E-state index in [2.05, 4.69) is 10.5 Å². The van der Waals surface area contributed by atoms with Crippen LogP contribution in [-0.2, 0) is 14.8 Å². The van der Waals surface area contributed by atoms with Crippen molar-refractivity contribution in [3.63, 3.8) is 0 Å². The molecule has 0 radical (unpaired) electrons. The molecule has 0 spiro atoms. The number of nitrogens with zero attached hydrogens (tertiary/aromatic N) is 3. The van der Waals surface area contributed by atoms with Gasteiger partial charge in [-0.3, -0.25) is 19.2 Å². The average Bonchev–Trinajstić information content (AvgIpc) is 2.82. The zero-order valence-electron chi connectivity index (χ0n) is 18.9. The summed E-state index contributed by atoms with van der Waals surface area (Å²) in [6.45, 7) is 4.69. The highest BCUT2D eigenvalue weighted by Crippen LogP contribution is 2.26. The quantitative estimate of drug-likeness (QED) is 0.297. The summed E-state index contributed by atoms with van der Waals surface area (Å²) in [6, 6.07) is 19.1. The molecule has 0 unspecified atom stereocenters. The minimum absolute atomic E-state index is 0.0606. The van der Waals surface area contributed by atoms with Crippen molar-refractivity contribution in [1.29, 1.82) is 0 Å². The van der Waals surface area contributed by atoms with E-state index in [4.69, 9.17) is 0 Å². The van der Waals surface area contributed by atoms with Crippen molar-refractivity contribution in [2.75, 3.05) is 10.8 Å². The molecule has 1 N–H and O–H groups in total. The maximum absolute atomic E-state index is 13.4. The van der Waals surface area contributed by atoms with Gasteiger partial charge in [0.25, 0.3) is 21.6 Å². The molecule has 0 fully saturated rings. The van der Waals surface area contributed by atoms with Crippen LogP contribution in [-0.4, -0.2) is 31.5 Å². The molecule has 9 nitrogen and oxygen atoms in total. The number of benzene rings is 3. The second-order valence-electron chi connectivity index (χ2n) is 7.65. The summed E-state index contributed by atoms with van der Waals surface area (Å²) in [5, 5.41) is 15.0. The molecular formula is C24H24N4O5S. The summed E-state index contributed by atoms with van der Waals surface area (Å²) in [4.78, 5) is 23.3. The van der Waals surface area contributed by atoms with Crippen molar-refractivity contribution < 1.29 is 18.1 Å². The SMILES string of the molecule is C/C(=N\NC(=O)CN(c1ccccc1C)S(=O)(=O)c1ccc(C)cc1)c1cccc([N+](=O)[O-])c1. The fraction of sp³-hybridized carbons (Fsp3) is 0.167. The molecule has 0 atom stereocenters. The van der Waals surface area contributed by atoms with Crippen LogP contribution >= 0.6 is 0 Å². The largest absolute Gasteiger partial charge is 0.271 e. The normalized spacial score (nSPS) is 11.7. The molecule has 34 heavy (non-hydrogen) atoms. The topological polar surface area (TPSA) is 122 Å². The first-order valence-electron chi connectivity index (χ1n) is 10.3. The number of nitrogens with one attached hydrogen (secondary N) is 1. The molecular weight excluding hydrogens is 456 g/mol. The lowest BCUT2D eigenvalue weighted by molar-refractivity contribution is -0.384. The third-order valence-corrected chi connectivity index (χ3v) is 6.88. The summed E-state index contributed by atoms with van der Waals surface area (Å²) in [6.07, 6.45) is 0. The summed E-state index contributed by atoms with van der Waals surface area (Å²) in [7, 11) is -4.05. The Morgan fingerprint density at radius 1 is 1.03 bits per heavy atom. The van der Waals surface area contributed by atoms with Crippen molar-refractivity contribution in [3.8, 4) is 0 Å². The van der Waals surface area contributed by atoms with Gasteiger partial charge in [0.15, 0.2) is 0 Å². The number of hydrogen-bond donors (Lipinski definition) is 1. The monoisotopic (exact) mass is 480 g/mol. The third-order valence-electron chi connectivity index (χ3n) is 5.10. The lowest BCUT2D eigenvalue weighted by atomic mass is 10.1. The number of sulfonamides is 1. The number of non-ortho nitro benzene ring substituents is 1. The number of hydrazone groups is 1. The van der Waals surface area contributed by atoms with Crippen LogP contribution in [0.4, 0.5) is 11.4 Å². The predicted octanol–water partition coefficient (Wildman–Crippen LogP) is 3.95. The molecule has 0 aliphatic heterocycles. The maximum atomic E-state index is 13.4. The van der Waals surface area contributed by atoms with Gasteiger partial charge in [-0.1, -0.05) is 48.0 Å². The Morgan fingerprint density at radius 3 is 2.35 bits per heavy atom. The molecule has 3 aromatic rings. The van der Waals surface area contributed by atoms with E-state index in [1.165, 1.54) is 30.3 Å². The van der Waals surface area contributed by atoms with E-state index in [1.807, 2.05) is 6.92 Å². The van der Waals surface area contributed by atoms with Gasteiger partial charge in [0.05, 0.1) is 21.2 Å². The van der Waals surface area contributed by atoms with Crippen LogP contribution in [0.15, 0.2) is 82.8 Å². The van der Waals surface area contributed by atoms with Crippen LogP contribution in [0.25, 0.3) is 0 Å². The van der Waals surface area contributed by atoms with Gasteiger partial charge in [0.2, 0.25) is 0 Å². The minimum Gasteiger partial charge on any atom is -0.271 e. The molecule has 3 aromatic carbocycles. The second-order valence-corrected chi connectivity index (χ2v) is 9.51. The molecule has 0 saturated carbocycles. The van der Waals surface area contributed by atoms with Gasteiger partial charge in [-0.05, 0) is 44.5 Å². The summed E-state index contributed by atoms with van der Waals surface area (Å²) in [5.74, 6) is -0.663. The number of hydrogen-bond acceptors (Lipinski definition) is 6. The summed E-state index contributed by atoms with van der Waals surface area (Å²) >= 11 is 0. The summed E-state index contributed by atoms with van der Waals surface area (Å²) in [5.41, 5.74) is 5.00. The highest BCUT2D eigenvalue weighted by atomic mass is 32.2. The smallest absolute Gasteiger partial charge is 0.270 e. The Hall–Kier alpha value is -4.05. The first kappa shape index (κ1) is 24.6. The van der Waals surface area contributed by atoms with Crippen molar-refractivity contribution in [2.24, 2.45) is 5.10 Å². The molecule has 0 aliphatic carbocycles. The van der Waals surface area contributed by atoms with E-state index < -0.39 is 27.4 Å². The van der Waals surface area contributed by atoms with Crippen LogP contribution < -0.4 is 9.73 Å². The van der Waals surface area contributed by atoms with E-state index >= 15 is 0 Å². The number of amides is 1. The van der Waals surface area contributed by atoms with Gasteiger partial charge in [-0.2, -0.15) is 5.10 Å². The number of nitro benzene ring substituents is 1. The molecule has 0 aromatic heterocycles. The lowest BCUT2D eigenvalue weighted by Crippen LogP contribution is -2.40. The maximum Gasteiger partial charge on any atom is 0.270 e. The van der Waals surface area contributed by atoms with Gasteiger partial charge >= 0.3 is 0 Å². The van der Waals surface area contributed by atoms with Gasteiger partial charge < -0.3 is 0 Å². The molecule has 176 valence electrons. The molecule has 0 saturated heterocycles. The van der Waals surface area contributed by atoms with Crippen LogP contribution in [0.5, 0.6) is 0 Å². The van der Waals surface area contributed by atoms with Crippen LogP contribution in [0, 0.1) is 24.0 Å². The van der Waals surface area contributed by atoms with Gasteiger partial charge in [0, 0.05) is 17.7 Å². The van der Waals surface area contributed by atoms with Crippen molar-refractivity contribution >= 4 is 33.0 Å². The van der Waals surface area contributed by atoms with Gasteiger partial charge in [0.1, 0.15) is 6.54 Å². The Balaban J connectivity index is 1.88. The average molecular weight is 481 g/mol. The minimum atomic E-state index is -4.05. The van der Waals surface area contributed by atoms with E-state index in [0.29, 0.717) is 22.5 Å². The predicted molar refractivity (Wildman–Crippen MR) is 130 cm³/mol. The fourth-order valence-corrected chi connectivity index (χ4v) is 4.69. The fourth-order valence-electron chi connectivity index (χ4n) is 3.20. The third kappa shape index (κ3) is 5.65. The van der Waals surface area contributed by atoms with E-state index in [-0.39, 0.29) is 10.6 Å². The lowest BCUT2D eigenvalue weighted by Gasteiger charge is -2.25. The zero-order chi connectivity index (χ0) is 24.9. The summed E-state index contributed by atoms with van der Waals surface area (Å²) < 4.78 is 27.9. The molecule has 1 amide bonds. The Morgan fingerprint density at radius 2 is 1.71 bits per heavy atom. The Kier molecular flexibility index (Phi) is 7.42. The molecule has 0 heterocycles. The molecule has 0 aliphatic rings. The number of carbonyl (C=O) groups is 1. The first-order valence-corrected chi connectivity index (χ1v) is 11.8. The first-order chi connectivity index (χ1) is 16.1. The van der Waals surface area contributed by atoms with Crippen molar-refractivity contribution in [1.82, 2.24) is 5.43 Å². The Bertz CT molecular complexity index is 1350. The second kappa shape index (κ2) is 10.3. The molecule has 3 rings (SSSR count). The highest BCUT2D eigenvalue weighted by molar-refractivity contribution is 7.92. The number of para-hydroxylation sites is 1. The van der Waals surface area contributed by atoms with Gasteiger partial charge in [-0.25, -0.2) is 13.8 Å². The van der Waals surface area contributed by atoms with Crippen LogP contribution in [0.2, 0.25) is 0 Å². The highest BCUT2D eigenvalue weighted by Gasteiger charge is 2.28. The van der Waals surface area contributed by atoms with Crippen LogP contribution in [0.1, 0.15) is 23.6 Å². The van der Waals surface area contributed by atoms with E-state index in [0.717, 1.165) is 9.87 Å². The number of anilines is 1. The van der Waals surface area contributed by atoms with E-state index in [9.17, 15) is 23.3 Å². The molecule has 0 bridgehead atoms. The zero-order valence-corrected chi connectivity index (χ0v) is 19.7. The standard InChI is InChI=1S/C24H24N4O5S/c1-17-11-13-22(14-12-17)34(32,33)27(23-10-5-4-7-18(23)2)16-24(29)26-25-19(3)20-8-6-9-21(15-20)28(30)31/h4-15H,16H2,1-3H3,(H,26,29)/b25-19+. The van der Waals surface area contributed by atoms with Crippen molar-refractivity contribution in [2.45, 2.75) is 25.7 Å². The molecule has 10 heteroatoms. The number of rotatable bonds is 8.